The van der Waals surface area contributed by atoms with Crippen molar-refractivity contribution in [2.75, 3.05) is 7.11 Å². The molecule has 0 aliphatic carbocycles. The number of hydrogen-bond acceptors (Lipinski definition) is 3. The standard InChI is InChI=1S/C15H12N2O2/c1-19-15-14(11-6-3-2-4-7-11)16-13-9-5-8-12(10-18)17(13)15/h2-10H,1H3. The van der Waals surface area contributed by atoms with Gasteiger partial charge in [-0.05, 0) is 12.1 Å². The summed E-state index contributed by atoms with van der Waals surface area (Å²) >= 11 is 0. The summed E-state index contributed by atoms with van der Waals surface area (Å²) in [6, 6.07) is 15.2. The number of hydrogen-bond donors (Lipinski definition) is 0. The Bertz CT molecular complexity index is 732. The molecule has 0 bridgehead atoms. The summed E-state index contributed by atoms with van der Waals surface area (Å²) in [6.07, 6.45) is 0.798. The molecule has 0 amide bonds. The molecule has 1 aromatic carbocycles. The van der Waals surface area contributed by atoms with Gasteiger partial charge in [-0.25, -0.2) is 4.98 Å². The van der Waals surface area contributed by atoms with E-state index in [2.05, 4.69) is 4.98 Å². The number of ether oxygens (including phenoxy) is 1. The van der Waals surface area contributed by atoms with Gasteiger partial charge in [0.1, 0.15) is 11.3 Å². The molecule has 4 heteroatoms. The molecule has 4 nitrogen and oxygen atoms in total. The van der Waals surface area contributed by atoms with Gasteiger partial charge in [-0.1, -0.05) is 36.4 Å². The van der Waals surface area contributed by atoms with Crippen LogP contribution < -0.4 is 4.74 Å². The van der Waals surface area contributed by atoms with Crippen molar-refractivity contribution in [3.63, 3.8) is 0 Å². The summed E-state index contributed by atoms with van der Waals surface area (Å²) in [5.41, 5.74) is 2.90. The van der Waals surface area contributed by atoms with Gasteiger partial charge in [-0.2, -0.15) is 0 Å². The van der Waals surface area contributed by atoms with E-state index in [0.29, 0.717) is 17.2 Å². The van der Waals surface area contributed by atoms with E-state index in [1.165, 1.54) is 0 Å². The zero-order valence-electron chi connectivity index (χ0n) is 10.4. The predicted molar refractivity (Wildman–Crippen MR) is 72.6 cm³/mol. The fraction of sp³-hybridized carbons (Fsp3) is 0.0667. The number of carbonyl (C=O) groups excluding carboxylic acids is 1. The first-order valence-electron chi connectivity index (χ1n) is 5.91. The van der Waals surface area contributed by atoms with Crippen LogP contribution in [0.2, 0.25) is 0 Å². The van der Waals surface area contributed by atoms with Gasteiger partial charge >= 0.3 is 0 Å². The highest BCUT2D eigenvalue weighted by Gasteiger charge is 2.16. The Balaban J connectivity index is 2.35. The minimum atomic E-state index is 0.518. The summed E-state index contributed by atoms with van der Waals surface area (Å²) in [5.74, 6) is 0.573. The number of aromatic nitrogens is 2. The summed E-state index contributed by atoms with van der Waals surface area (Å²) < 4.78 is 7.15. The van der Waals surface area contributed by atoms with Crippen LogP contribution in [0.4, 0.5) is 0 Å². The first-order chi connectivity index (χ1) is 9.35. The van der Waals surface area contributed by atoms with E-state index >= 15 is 0 Å². The average molecular weight is 252 g/mol. The van der Waals surface area contributed by atoms with Crippen molar-refractivity contribution in [1.82, 2.24) is 9.38 Å². The minimum absolute atomic E-state index is 0.518. The third kappa shape index (κ3) is 1.78. The van der Waals surface area contributed by atoms with Crippen LogP contribution in [0.25, 0.3) is 16.9 Å². The predicted octanol–water partition coefficient (Wildman–Crippen LogP) is 2.82. The van der Waals surface area contributed by atoms with Crippen LogP contribution >= 0.6 is 0 Å². The zero-order chi connectivity index (χ0) is 13.2. The molecule has 0 saturated heterocycles. The van der Waals surface area contributed by atoms with Crippen molar-refractivity contribution in [3.05, 3.63) is 54.2 Å². The van der Waals surface area contributed by atoms with E-state index in [9.17, 15) is 4.79 Å². The molecule has 19 heavy (non-hydrogen) atoms. The lowest BCUT2D eigenvalue weighted by Gasteiger charge is -2.04. The Hall–Kier alpha value is -2.62. The highest BCUT2D eigenvalue weighted by molar-refractivity contribution is 5.77. The van der Waals surface area contributed by atoms with Gasteiger partial charge in [-0.3, -0.25) is 9.20 Å². The van der Waals surface area contributed by atoms with Gasteiger partial charge in [-0.15, -0.1) is 0 Å². The lowest BCUT2D eigenvalue weighted by molar-refractivity contribution is 0.111. The van der Waals surface area contributed by atoms with Gasteiger partial charge in [0.15, 0.2) is 6.29 Å². The number of fused-ring (bicyclic) bond motifs is 1. The number of nitrogens with zero attached hydrogens (tertiary/aromatic N) is 2. The van der Waals surface area contributed by atoms with E-state index in [1.807, 2.05) is 36.4 Å². The van der Waals surface area contributed by atoms with Crippen LogP contribution in [0, 0.1) is 0 Å². The number of rotatable bonds is 3. The number of methoxy groups -OCH3 is 1. The highest BCUT2D eigenvalue weighted by Crippen LogP contribution is 2.30. The molecule has 0 radical (unpaired) electrons. The maximum Gasteiger partial charge on any atom is 0.227 e. The molecular formula is C15H12N2O2. The lowest BCUT2D eigenvalue weighted by Crippen LogP contribution is -1.97. The number of aldehydes is 1. The lowest BCUT2D eigenvalue weighted by atomic mass is 10.2. The van der Waals surface area contributed by atoms with Gasteiger partial charge in [0.2, 0.25) is 5.88 Å². The van der Waals surface area contributed by atoms with E-state index in [0.717, 1.165) is 17.5 Å². The van der Waals surface area contributed by atoms with Crippen molar-refractivity contribution in [1.29, 1.82) is 0 Å². The van der Waals surface area contributed by atoms with Crippen LogP contribution in [0.1, 0.15) is 10.5 Å². The smallest absolute Gasteiger partial charge is 0.227 e. The topological polar surface area (TPSA) is 43.6 Å². The number of benzene rings is 1. The fourth-order valence-electron chi connectivity index (χ4n) is 2.15. The summed E-state index contributed by atoms with van der Waals surface area (Å²) in [5, 5.41) is 0. The van der Waals surface area contributed by atoms with Gasteiger partial charge < -0.3 is 4.74 Å². The fourth-order valence-corrected chi connectivity index (χ4v) is 2.15. The highest BCUT2D eigenvalue weighted by atomic mass is 16.5. The second-order valence-electron chi connectivity index (χ2n) is 4.10. The molecular weight excluding hydrogens is 240 g/mol. The number of carbonyl (C=O) groups is 1. The number of pyridine rings is 1. The van der Waals surface area contributed by atoms with Crippen LogP contribution in [0.5, 0.6) is 5.88 Å². The molecule has 3 rings (SSSR count). The van der Waals surface area contributed by atoms with Crippen molar-refractivity contribution in [2.24, 2.45) is 0 Å². The van der Waals surface area contributed by atoms with Crippen molar-refractivity contribution in [3.8, 4) is 17.1 Å². The largest absolute Gasteiger partial charge is 0.480 e. The Kier molecular flexibility index (Phi) is 2.76. The molecule has 94 valence electrons. The Morgan fingerprint density at radius 3 is 2.58 bits per heavy atom. The second kappa shape index (κ2) is 4.57. The Morgan fingerprint density at radius 2 is 1.89 bits per heavy atom. The third-order valence-corrected chi connectivity index (χ3v) is 2.99. The van der Waals surface area contributed by atoms with Crippen LogP contribution in [0.3, 0.4) is 0 Å². The van der Waals surface area contributed by atoms with Crippen LogP contribution in [0.15, 0.2) is 48.5 Å². The average Bonchev–Trinajstić information content (AvgIpc) is 2.86. The van der Waals surface area contributed by atoms with Crippen LogP contribution in [-0.4, -0.2) is 22.8 Å². The quantitative estimate of drug-likeness (QED) is 0.673. The van der Waals surface area contributed by atoms with Gasteiger partial charge in [0.25, 0.3) is 0 Å². The molecule has 0 aliphatic rings. The van der Waals surface area contributed by atoms with E-state index in [1.54, 1.807) is 23.6 Å². The summed E-state index contributed by atoms with van der Waals surface area (Å²) in [7, 11) is 1.58. The molecule has 0 aliphatic heterocycles. The van der Waals surface area contributed by atoms with Crippen molar-refractivity contribution < 1.29 is 9.53 Å². The van der Waals surface area contributed by atoms with Crippen LogP contribution in [-0.2, 0) is 0 Å². The van der Waals surface area contributed by atoms with Gasteiger partial charge in [0, 0.05) is 5.56 Å². The third-order valence-electron chi connectivity index (χ3n) is 2.99. The monoisotopic (exact) mass is 252 g/mol. The van der Waals surface area contributed by atoms with E-state index in [-0.39, 0.29) is 0 Å². The maximum absolute atomic E-state index is 11.1. The molecule has 3 aromatic rings. The normalized spacial score (nSPS) is 10.6. The molecule has 0 atom stereocenters. The molecule has 2 heterocycles. The zero-order valence-corrected chi connectivity index (χ0v) is 10.4. The molecule has 0 spiro atoms. The van der Waals surface area contributed by atoms with Crippen molar-refractivity contribution in [2.45, 2.75) is 0 Å². The molecule has 0 unspecified atom stereocenters. The first-order valence-corrected chi connectivity index (χ1v) is 5.91. The first kappa shape index (κ1) is 11.5. The SMILES string of the molecule is COc1c(-c2ccccc2)nc2cccc(C=O)n12. The summed E-state index contributed by atoms with van der Waals surface area (Å²) in [4.78, 5) is 15.7. The molecule has 0 fully saturated rings. The molecule has 0 saturated carbocycles. The number of imidazole rings is 1. The van der Waals surface area contributed by atoms with E-state index in [4.69, 9.17) is 4.74 Å². The van der Waals surface area contributed by atoms with Crippen molar-refractivity contribution >= 4 is 11.9 Å². The minimum Gasteiger partial charge on any atom is -0.480 e. The Morgan fingerprint density at radius 1 is 1.11 bits per heavy atom. The van der Waals surface area contributed by atoms with E-state index < -0.39 is 0 Å². The Labute approximate surface area is 110 Å². The maximum atomic E-state index is 11.1. The molecule has 2 aromatic heterocycles. The molecule has 0 N–H and O–H groups in total. The summed E-state index contributed by atoms with van der Waals surface area (Å²) in [6.45, 7) is 0. The second-order valence-corrected chi connectivity index (χ2v) is 4.10. The van der Waals surface area contributed by atoms with Gasteiger partial charge in [0.05, 0.1) is 12.8 Å².